The van der Waals surface area contributed by atoms with Crippen LogP contribution in [0.2, 0.25) is 0 Å². The van der Waals surface area contributed by atoms with E-state index in [9.17, 15) is 4.39 Å². The van der Waals surface area contributed by atoms with Crippen LogP contribution in [0.4, 0.5) is 10.1 Å². The van der Waals surface area contributed by atoms with Crippen LogP contribution in [0.15, 0.2) is 18.2 Å². The first-order chi connectivity index (χ1) is 8.52. The summed E-state index contributed by atoms with van der Waals surface area (Å²) in [5.41, 5.74) is 7.29. The molecule has 1 aromatic rings. The molecule has 1 aromatic carbocycles. The summed E-state index contributed by atoms with van der Waals surface area (Å²) >= 11 is 0. The Labute approximate surface area is 109 Å². The summed E-state index contributed by atoms with van der Waals surface area (Å²) in [5, 5.41) is 0. The number of anilines is 1. The second kappa shape index (κ2) is 5.27. The number of hydrogen-bond acceptors (Lipinski definition) is 2. The summed E-state index contributed by atoms with van der Waals surface area (Å²) in [4.78, 5) is 2.34. The maximum atomic E-state index is 13.7. The standard InChI is InChI=1S/C15H23FN2/c1-3-15(2)6-8-18(9-7-15)11-12-4-5-13(17)10-14(12)16/h4-5,10H,3,6-9,11,17H2,1-2H3. The van der Waals surface area contributed by atoms with Crippen molar-refractivity contribution in [2.24, 2.45) is 5.41 Å². The van der Waals surface area contributed by atoms with Crippen LogP contribution in [0.1, 0.15) is 38.7 Å². The Kier molecular flexibility index (Phi) is 3.91. The van der Waals surface area contributed by atoms with Crippen LogP contribution < -0.4 is 5.73 Å². The molecule has 3 heteroatoms. The molecule has 1 heterocycles. The van der Waals surface area contributed by atoms with Gasteiger partial charge < -0.3 is 5.73 Å². The lowest BCUT2D eigenvalue weighted by molar-refractivity contribution is 0.109. The first kappa shape index (κ1) is 13.3. The fourth-order valence-corrected chi connectivity index (χ4v) is 2.54. The lowest BCUT2D eigenvalue weighted by Gasteiger charge is -2.39. The van der Waals surface area contributed by atoms with Gasteiger partial charge >= 0.3 is 0 Å². The number of halogens is 1. The van der Waals surface area contributed by atoms with E-state index in [1.54, 1.807) is 12.1 Å². The van der Waals surface area contributed by atoms with Gasteiger partial charge in [-0.1, -0.05) is 26.3 Å². The van der Waals surface area contributed by atoms with Gasteiger partial charge in [-0.3, -0.25) is 4.90 Å². The lowest BCUT2D eigenvalue weighted by atomic mass is 9.78. The third-order valence-corrected chi connectivity index (χ3v) is 4.39. The van der Waals surface area contributed by atoms with E-state index in [0.717, 1.165) is 18.7 Å². The van der Waals surface area contributed by atoms with Crippen molar-refractivity contribution in [3.63, 3.8) is 0 Å². The largest absolute Gasteiger partial charge is 0.399 e. The second-order valence-electron chi connectivity index (χ2n) is 5.79. The summed E-state index contributed by atoms with van der Waals surface area (Å²) in [6.07, 6.45) is 3.65. The molecule has 1 aliphatic heterocycles. The van der Waals surface area contributed by atoms with Crippen molar-refractivity contribution in [3.05, 3.63) is 29.6 Å². The maximum Gasteiger partial charge on any atom is 0.129 e. The highest BCUT2D eigenvalue weighted by Crippen LogP contribution is 2.34. The Morgan fingerprint density at radius 2 is 2.00 bits per heavy atom. The fourth-order valence-electron chi connectivity index (χ4n) is 2.54. The average Bonchev–Trinajstić information content (AvgIpc) is 2.36. The first-order valence-corrected chi connectivity index (χ1v) is 6.79. The summed E-state index contributed by atoms with van der Waals surface area (Å²) in [6, 6.07) is 4.99. The van der Waals surface area contributed by atoms with E-state index in [0.29, 0.717) is 17.6 Å². The van der Waals surface area contributed by atoms with Gasteiger partial charge in [-0.25, -0.2) is 4.39 Å². The van der Waals surface area contributed by atoms with Crippen molar-refractivity contribution in [1.82, 2.24) is 4.90 Å². The van der Waals surface area contributed by atoms with Crippen molar-refractivity contribution < 1.29 is 4.39 Å². The number of nitrogens with two attached hydrogens (primary N) is 1. The van der Waals surface area contributed by atoms with E-state index in [2.05, 4.69) is 18.7 Å². The van der Waals surface area contributed by atoms with Gasteiger partial charge in [-0.05, 0) is 43.5 Å². The molecule has 0 aromatic heterocycles. The predicted molar refractivity (Wildman–Crippen MR) is 73.7 cm³/mol. The van der Waals surface area contributed by atoms with Crippen molar-refractivity contribution >= 4 is 5.69 Å². The minimum absolute atomic E-state index is 0.182. The summed E-state index contributed by atoms with van der Waals surface area (Å²) in [6.45, 7) is 7.44. The monoisotopic (exact) mass is 250 g/mol. The zero-order chi connectivity index (χ0) is 13.2. The van der Waals surface area contributed by atoms with Crippen molar-refractivity contribution in [3.8, 4) is 0 Å². The van der Waals surface area contributed by atoms with Gasteiger partial charge in [-0.15, -0.1) is 0 Å². The van der Waals surface area contributed by atoms with Crippen LogP contribution >= 0.6 is 0 Å². The van der Waals surface area contributed by atoms with Gasteiger partial charge in [0.05, 0.1) is 0 Å². The molecule has 0 amide bonds. The zero-order valence-corrected chi connectivity index (χ0v) is 11.4. The summed E-state index contributed by atoms with van der Waals surface area (Å²) < 4.78 is 13.7. The first-order valence-electron chi connectivity index (χ1n) is 6.79. The number of piperidine rings is 1. The highest BCUT2D eigenvalue weighted by molar-refractivity contribution is 5.40. The zero-order valence-electron chi connectivity index (χ0n) is 11.4. The highest BCUT2D eigenvalue weighted by atomic mass is 19.1. The topological polar surface area (TPSA) is 29.3 Å². The molecule has 18 heavy (non-hydrogen) atoms. The van der Waals surface area contributed by atoms with E-state index < -0.39 is 0 Å². The van der Waals surface area contributed by atoms with Crippen molar-refractivity contribution in [2.75, 3.05) is 18.8 Å². The van der Waals surface area contributed by atoms with Gasteiger partial charge in [0.2, 0.25) is 0 Å². The number of hydrogen-bond donors (Lipinski definition) is 1. The smallest absolute Gasteiger partial charge is 0.129 e. The van der Waals surface area contributed by atoms with Gasteiger partial charge in [-0.2, -0.15) is 0 Å². The molecule has 0 aliphatic carbocycles. The van der Waals surface area contributed by atoms with E-state index in [1.807, 2.05) is 0 Å². The Bertz CT molecular complexity index is 409. The average molecular weight is 250 g/mol. The molecule has 2 N–H and O–H groups in total. The Balaban J connectivity index is 1.95. The van der Waals surface area contributed by atoms with E-state index >= 15 is 0 Å². The molecule has 100 valence electrons. The minimum atomic E-state index is -0.182. The molecule has 0 bridgehead atoms. The van der Waals surface area contributed by atoms with Crippen molar-refractivity contribution in [1.29, 1.82) is 0 Å². The van der Waals surface area contributed by atoms with Gasteiger partial charge in [0.1, 0.15) is 5.82 Å². The molecule has 0 unspecified atom stereocenters. The molecule has 1 saturated heterocycles. The summed E-state index contributed by atoms with van der Waals surface area (Å²) in [5.74, 6) is -0.182. The molecule has 0 radical (unpaired) electrons. The van der Waals surface area contributed by atoms with Crippen LogP contribution in [0.3, 0.4) is 0 Å². The third-order valence-electron chi connectivity index (χ3n) is 4.39. The van der Waals surface area contributed by atoms with Crippen LogP contribution in [0.25, 0.3) is 0 Å². The molecule has 2 rings (SSSR count). The normalized spacial score (nSPS) is 19.9. The molecular formula is C15H23FN2. The Hall–Kier alpha value is -1.09. The quantitative estimate of drug-likeness (QED) is 0.833. The molecular weight excluding hydrogens is 227 g/mol. The summed E-state index contributed by atoms with van der Waals surface area (Å²) in [7, 11) is 0. The fraction of sp³-hybridized carbons (Fsp3) is 0.600. The minimum Gasteiger partial charge on any atom is -0.399 e. The maximum absolute atomic E-state index is 13.7. The molecule has 0 saturated carbocycles. The SMILES string of the molecule is CCC1(C)CCN(Cc2ccc(N)cc2F)CC1. The number of likely N-dealkylation sites (tertiary alicyclic amines) is 1. The highest BCUT2D eigenvalue weighted by Gasteiger charge is 2.28. The van der Waals surface area contributed by atoms with Crippen LogP contribution in [0, 0.1) is 11.2 Å². The number of rotatable bonds is 3. The third kappa shape index (κ3) is 3.02. The second-order valence-corrected chi connectivity index (χ2v) is 5.79. The van der Waals surface area contributed by atoms with Crippen LogP contribution in [0.5, 0.6) is 0 Å². The number of nitrogen functional groups attached to an aromatic ring is 1. The van der Waals surface area contributed by atoms with E-state index in [4.69, 9.17) is 5.73 Å². The van der Waals surface area contributed by atoms with Crippen molar-refractivity contribution in [2.45, 2.75) is 39.7 Å². The van der Waals surface area contributed by atoms with Crippen LogP contribution in [-0.2, 0) is 6.54 Å². The Morgan fingerprint density at radius 1 is 1.33 bits per heavy atom. The van der Waals surface area contributed by atoms with Gasteiger partial charge in [0.15, 0.2) is 0 Å². The van der Waals surface area contributed by atoms with Gasteiger partial charge in [0.25, 0.3) is 0 Å². The molecule has 1 aliphatic rings. The van der Waals surface area contributed by atoms with Gasteiger partial charge in [0, 0.05) is 17.8 Å². The van der Waals surface area contributed by atoms with E-state index in [1.165, 1.54) is 25.3 Å². The molecule has 1 fully saturated rings. The van der Waals surface area contributed by atoms with Crippen LogP contribution in [-0.4, -0.2) is 18.0 Å². The van der Waals surface area contributed by atoms with E-state index in [-0.39, 0.29) is 5.82 Å². The molecule has 2 nitrogen and oxygen atoms in total. The molecule has 0 atom stereocenters. The number of benzene rings is 1. The lowest BCUT2D eigenvalue weighted by Crippen LogP contribution is -2.38. The predicted octanol–water partition coefficient (Wildman–Crippen LogP) is 3.42. The number of nitrogens with zero attached hydrogens (tertiary/aromatic N) is 1. The Morgan fingerprint density at radius 3 is 2.56 bits per heavy atom. The molecule has 0 spiro atoms.